The van der Waals surface area contributed by atoms with Crippen LogP contribution in [0.2, 0.25) is 0 Å². The number of thioether (sulfide) groups is 1. The summed E-state index contributed by atoms with van der Waals surface area (Å²) in [6.45, 7) is 1.96. The highest BCUT2D eigenvalue weighted by atomic mass is 32.2. The van der Waals surface area contributed by atoms with Crippen molar-refractivity contribution >= 4 is 22.7 Å². The van der Waals surface area contributed by atoms with Crippen LogP contribution in [-0.2, 0) is 5.75 Å². The number of H-pyrrole nitrogens is 1. The van der Waals surface area contributed by atoms with Crippen LogP contribution in [0.25, 0.3) is 28.0 Å². The maximum absolute atomic E-state index is 12.6. The van der Waals surface area contributed by atoms with Crippen LogP contribution in [0.5, 0.6) is 5.75 Å². The summed E-state index contributed by atoms with van der Waals surface area (Å²) in [5.41, 5.74) is 3.39. The average Bonchev–Trinajstić information content (AvgIpc) is 3.28. The van der Waals surface area contributed by atoms with E-state index in [1.54, 1.807) is 13.2 Å². The van der Waals surface area contributed by atoms with Crippen LogP contribution in [0.1, 0.15) is 11.4 Å². The lowest BCUT2D eigenvalue weighted by Gasteiger charge is -2.11. The first-order valence-electron chi connectivity index (χ1n) is 10.4. The van der Waals surface area contributed by atoms with E-state index in [0.717, 1.165) is 28.1 Å². The Morgan fingerprint density at radius 2 is 1.82 bits per heavy atom. The third kappa shape index (κ3) is 4.12. The summed E-state index contributed by atoms with van der Waals surface area (Å²) in [4.78, 5) is 20.1. The highest BCUT2D eigenvalue weighted by molar-refractivity contribution is 7.98. The zero-order valence-corrected chi connectivity index (χ0v) is 19.0. The number of hydrogen-bond donors (Lipinski definition) is 1. The first-order chi connectivity index (χ1) is 16.1. The normalized spacial score (nSPS) is 11.1. The van der Waals surface area contributed by atoms with Crippen LogP contribution in [-0.4, -0.2) is 31.8 Å². The van der Waals surface area contributed by atoms with Gasteiger partial charge in [0.15, 0.2) is 11.0 Å². The predicted molar refractivity (Wildman–Crippen MR) is 130 cm³/mol. The van der Waals surface area contributed by atoms with Gasteiger partial charge in [0.1, 0.15) is 11.6 Å². The second kappa shape index (κ2) is 8.91. The molecule has 0 aliphatic heterocycles. The Kier molecular flexibility index (Phi) is 5.66. The SMILES string of the molecule is COc1cccc(-c2nnc(SCc3nc4c(C)cccc4c(=O)[nH]3)n2-c2ccccc2)c1. The minimum atomic E-state index is -0.138. The van der Waals surface area contributed by atoms with E-state index in [1.807, 2.05) is 78.2 Å². The highest BCUT2D eigenvalue weighted by Gasteiger charge is 2.17. The van der Waals surface area contributed by atoms with Crippen molar-refractivity contribution in [2.45, 2.75) is 17.8 Å². The Morgan fingerprint density at radius 1 is 1.00 bits per heavy atom. The fraction of sp³-hybridized carbons (Fsp3) is 0.120. The molecule has 164 valence electrons. The molecular formula is C25H21N5O2S. The Balaban J connectivity index is 1.54. The molecular weight excluding hydrogens is 434 g/mol. The first-order valence-corrected chi connectivity index (χ1v) is 11.4. The molecule has 5 rings (SSSR count). The average molecular weight is 456 g/mol. The minimum Gasteiger partial charge on any atom is -0.497 e. The molecule has 3 aromatic carbocycles. The van der Waals surface area contributed by atoms with E-state index in [2.05, 4.69) is 15.2 Å². The molecule has 0 aliphatic rings. The number of para-hydroxylation sites is 2. The molecule has 5 aromatic rings. The number of nitrogens with zero attached hydrogens (tertiary/aromatic N) is 4. The minimum absolute atomic E-state index is 0.138. The smallest absolute Gasteiger partial charge is 0.258 e. The topological polar surface area (TPSA) is 85.7 Å². The fourth-order valence-corrected chi connectivity index (χ4v) is 4.50. The van der Waals surface area contributed by atoms with E-state index < -0.39 is 0 Å². The molecule has 0 unspecified atom stereocenters. The first kappa shape index (κ1) is 21.0. The number of aromatic amines is 1. The van der Waals surface area contributed by atoms with E-state index in [4.69, 9.17) is 9.72 Å². The number of fused-ring (bicyclic) bond motifs is 1. The molecule has 0 atom stereocenters. The Bertz CT molecular complexity index is 1490. The lowest BCUT2D eigenvalue weighted by atomic mass is 10.1. The largest absolute Gasteiger partial charge is 0.497 e. The summed E-state index contributed by atoms with van der Waals surface area (Å²) in [5.74, 6) is 2.50. The van der Waals surface area contributed by atoms with Crippen LogP contribution in [0.4, 0.5) is 0 Å². The van der Waals surface area contributed by atoms with Crippen molar-refractivity contribution in [2.24, 2.45) is 0 Å². The van der Waals surface area contributed by atoms with E-state index in [0.29, 0.717) is 27.9 Å². The van der Waals surface area contributed by atoms with Crippen molar-refractivity contribution in [3.63, 3.8) is 0 Å². The number of rotatable bonds is 6. The molecule has 0 radical (unpaired) electrons. The summed E-state index contributed by atoms with van der Waals surface area (Å²) >= 11 is 1.47. The third-order valence-electron chi connectivity index (χ3n) is 5.30. The van der Waals surface area contributed by atoms with Gasteiger partial charge in [-0.15, -0.1) is 10.2 Å². The van der Waals surface area contributed by atoms with Gasteiger partial charge in [0.05, 0.1) is 23.8 Å². The Labute approximate surface area is 194 Å². The maximum atomic E-state index is 12.6. The molecule has 0 fully saturated rings. The van der Waals surface area contributed by atoms with Crippen molar-refractivity contribution in [1.82, 2.24) is 24.7 Å². The molecule has 0 saturated carbocycles. The number of benzene rings is 3. The lowest BCUT2D eigenvalue weighted by molar-refractivity contribution is 0.415. The zero-order chi connectivity index (χ0) is 22.8. The van der Waals surface area contributed by atoms with Crippen LogP contribution in [0, 0.1) is 6.92 Å². The number of nitrogens with one attached hydrogen (secondary N) is 1. The number of aryl methyl sites for hydroxylation is 1. The summed E-state index contributed by atoms with van der Waals surface area (Å²) < 4.78 is 7.39. The van der Waals surface area contributed by atoms with Gasteiger partial charge in [-0.3, -0.25) is 9.36 Å². The third-order valence-corrected chi connectivity index (χ3v) is 6.24. The van der Waals surface area contributed by atoms with Crippen molar-refractivity contribution in [2.75, 3.05) is 7.11 Å². The van der Waals surface area contributed by atoms with Crippen LogP contribution in [0.3, 0.4) is 0 Å². The number of methoxy groups -OCH3 is 1. The van der Waals surface area contributed by atoms with Gasteiger partial charge in [0.25, 0.3) is 5.56 Å². The molecule has 8 heteroatoms. The van der Waals surface area contributed by atoms with E-state index in [1.165, 1.54) is 11.8 Å². The Morgan fingerprint density at radius 3 is 2.64 bits per heavy atom. The van der Waals surface area contributed by atoms with Crippen molar-refractivity contribution < 1.29 is 4.74 Å². The molecule has 1 N–H and O–H groups in total. The standard InChI is InChI=1S/C25H21N5O2S/c1-16-8-6-13-20-22(16)26-21(27-24(20)31)15-33-25-29-28-23(17-9-7-12-19(14-17)32-2)30(25)18-10-4-3-5-11-18/h3-14H,15H2,1-2H3,(H,26,27,31). The second-order valence-corrected chi connectivity index (χ2v) is 8.42. The van der Waals surface area contributed by atoms with Gasteiger partial charge in [-0.2, -0.15) is 0 Å². The molecule has 2 aromatic heterocycles. The molecule has 0 bridgehead atoms. The van der Waals surface area contributed by atoms with Crippen LogP contribution < -0.4 is 10.3 Å². The molecule has 2 heterocycles. The quantitative estimate of drug-likeness (QED) is 0.371. The van der Waals surface area contributed by atoms with Crippen LogP contribution >= 0.6 is 11.8 Å². The van der Waals surface area contributed by atoms with Crippen LogP contribution in [0.15, 0.2) is 82.7 Å². The summed E-state index contributed by atoms with van der Waals surface area (Å²) in [7, 11) is 1.64. The second-order valence-electron chi connectivity index (χ2n) is 7.48. The molecule has 0 spiro atoms. The Hall–Kier alpha value is -3.91. The molecule has 0 aliphatic carbocycles. The maximum Gasteiger partial charge on any atom is 0.258 e. The lowest BCUT2D eigenvalue weighted by Crippen LogP contribution is -2.12. The van der Waals surface area contributed by atoms with Gasteiger partial charge in [-0.1, -0.05) is 54.2 Å². The number of hydrogen-bond acceptors (Lipinski definition) is 6. The van der Waals surface area contributed by atoms with E-state index >= 15 is 0 Å². The molecule has 0 amide bonds. The summed E-state index contributed by atoms with van der Waals surface area (Å²) in [6.07, 6.45) is 0. The summed E-state index contributed by atoms with van der Waals surface area (Å²) in [5, 5.41) is 10.2. The highest BCUT2D eigenvalue weighted by Crippen LogP contribution is 2.30. The monoisotopic (exact) mass is 455 g/mol. The number of ether oxygens (including phenoxy) is 1. The van der Waals surface area contributed by atoms with Gasteiger partial charge in [0.2, 0.25) is 0 Å². The van der Waals surface area contributed by atoms with E-state index in [9.17, 15) is 4.79 Å². The predicted octanol–water partition coefficient (Wildman–Crippen LogP) is 4.78. The van der Waals surface area contributed by atoms with Gasteiger partial charge < -0.3 is 9.72 Å². The van der Waals surface area contributed by atoms with Gasteiger partial charge >= 0.3 is 0 Å². The summed E-state index contributed by atoms with van der Waals surface area (Å²) in [6, 6.07) is 23.3. The molecule has 7 nitrogen and oxygen atoms in total. The van der Waals surface area contributed by atoms with Gasteiger partial charge in [0, 0.05) is 11.3 Å². The zero-order valence-electron chi connectivity index (χ0n) is 18.1. The van der Waals surface area contributed by atoms with Gasteiger partial charge in [-0.25, -0.2) is 4.98 Å². The molecule has 33 heavy (non-hydrogen) atoms. The van der Waals surface area contributed by atoms with E-state index in [-0.39, 0.29) is 5.56 Å². The van der Waals surface area contributed by atoms with Crippen molar-refractivity contribution in [1.29, 1.82) is 0 Å². The van der Waals surface area contributed by atoms with Gasteiger partial charge in [-0.05, 0) is 42.8 Å². The molecule has 0 saturated heterocycles. The fourth-order valence-electron chi connectivity index (χ4n) is 3.68. The van der Waals surface area contributed by atoms with Crippen molar-refractivity contribution in [3.8, 4) is 22.8 Å². The van der Waals surface area contributed by atoms with Crippen molar-refractivity contribution in [3.05, 3.63) is 94.5 Å². The number of aromatic nitrogens is 5.